The van der Waals surface area contributed by atoms with Crippen LogP contribution in [0.5, 0.6) is 0 Å². The molecule has 0 spiro atoms. The van der Waals surface area contributed by atoms with E-state index in [0.29, 0.717) is 5.11 Å². The van der Waals surface area contributed by atoms with Crippen molar-refractivity contribution in [3.8, 4) is 0 Å². The number of hydrogen-bond donors (Lipinski definition) is 2. The van der Waals surface area contributed by atoms with Gasteiger partial charge in [-0.25, -0.2) is 0 Å². The summed E-state index contributed by atoms with van der Waals surface area (Å²) >= 11 is 7.03. The standard InChI is InChI=1S/C14H16N2S2/c1-2-11-6-3-4-8-13(11)16-14(17)15-10-12-7-5-9-18-12/h3-9H,2,10H2,1H3,(H2,15,16,17). The molecule has 0 amide bonds. The molecule has 0 unspecified atom stereocenters. The summed E-state index contributed by atoms with van der Waals surface area (Å²) in [5, 5.41) is 9.20. The normalized spacial score (nSPS) is 10.1. The third-order valence-electron chi connectivity index (χ3n) is 2.65. The monoisotopic (exact) mass is 276 g/mol. The van der Waals surface area contributed by atoms with Crippen molar-refractivity contribution in [2.75, 3.05) is 5.32 Å². The van der Waals surface area contributed by atoms with Gasteiger partial charge in [0, 0.05) is 10.6 Å². The Morgan fingerprint density at radius 2 is 2.06 bits per heavy atom. The highest BCUT2D eigenvalue weighted by atomic mass is 32.1. The lowest BCUT2D eigenvalue weighted by Crippen LogP contribution is -2.27. The second kappa shape index (κ2) is 6.52. The number of para-hydroxylation sites is 1. The van der Waals surface area contributed by atoms with Crippen LogP contribution in [0, 0.1) is 0 Å². The van der Waals surface area contributed by atoms with E-state index >= 15 is 0 Å². The molecule has 0 aliphatic heterocycles. The lowest BCUT2D eigenvalue weighted by Gasteiger charge is -2.12. The van der Waals surface area contributed by atoms with Gasteiger partial charge in [-0.3, -0.25) is 0 Å². The van der Waals surface area contributed by atoms with Gasteiger partial charge in [0.25, 0.3) is 0 Å². The molecule has 0 saturated carbocycles. The summed E-state index contributed by atoms with van der Waals surface area (Å²) in [4.78, 5) is 1.28. The fourth-order valence-corrected chi connectivity index (χ4v) is 2.52. The molecule has 2 nitrogen and oxygen atoms in total. The number of thiocarbonyl (C=S) groups is 1. The first-order valence-corrected chi connectivity index (χ1v) is 7.23. The number of hydrogen-bond acceptors (Lipinski definition) is 2. The highest BCUT2D eigenvalue weighted by Crippen LogP contribution is 2.15. The zero-order chi connectivity index (χ0) is 12.8. The molecule has 94 valence electrons. The van der Waals surface area contributed by atoms with Crippen LogP contribution < -0.4 is 10.6 Å². The Bertz CT molecular complexity index is 506. The fourth-order valence-electron chi connectivity index (χ4n) is 1.70. The molecule has 0 atom stereocenters. The van der Waals surface area contributed by atoms with Crippen molar-refractivity contribution >= 4 is 34.4 Å². The highest BCUT2D eigenvalue weighted by molar-refractivity contribution is 7.80. The van der Waals surface area contributed by atoms with Crippen molar-refractivity contribution < 1.29 is 0 Å². The summed E-state index contributed by atoms with van der Waals surface area (Å²) in [5.74, 6) is 0. The summed E-state index contributed by atoms with van der Waals surface area (Å²) in [6.45, 7) is 2.92. The van der Waals surface area contributed by atoms with Crippen LogP contribution in [0.4, 0.5) is 5.69 Å². The molecule has 0 aliphatic carbocycles. The third-order valence-corrected chi connectivity index (χ3v) is 3.77. The molecule has 0 radical (unpaired) electrons. The van der Waals surface area contributed by atoms with Crippen molar-refractivity contribution in [2.45, 2.75) is 19.9 Å². The van der Waals surface area contributed by atoms with Crippen LogP contribution >= 0.6 is 23.6 Å². The maximum absolute atomic E-state index is 5.30. The van der Waals surface area contributed by atoms with Gasteiger partial charge in [0.1, 0.15) is 0 Å². The number of nitrogens with one attached hydrogen (secondary N) is 2. The van der Waals surface area contributed by atoms with Crippen molar-refractivity contribution in [3.63, 3.8) is 0 Å². The van der Waals surface area contributed by atoms with Crippen molar-refractivity contribution in [1.82, 2.24) is 5.32 Å². The van der Waals surface area contributed by atoms with E-state index in [-0.39, 0.29) is 0 Å². The number of benzene rings is 1. The summed E-state index contributed by atoms with van der Waals surface area (Å²) in [6, 6.07) is 12.4. The molecule has 0 bridgehead atoms. The van der Waals surface area contributed by atoms with Gasteiger partial charge < -0.3 is 10.6 Å². The zero-order valence-corrected chi connectivity index (χ0v) is 11.9. The molecule has 2 aromatic rings. The third kappa shape index (κ3) is 3.55. The minimum Gasteiger partial charge on any atom is -0.358 e. The molecule has 1 aromatic carbocycles. The SMILES string of the molecule is CCc1ccccc1NC(=S)NCc1cccs1. The lowest BCUT2D eigenvalue weighted by atomic mass is 10.1. The molecular formula is C14H16N2S2. The molecule has 0 saturated heterocycles. The van der Waals surface area contributed by atoms with Crippen molar-refractivity contribution in [2.24, 2.45) is 0 Å². The second-order valence-electron chi connectivity index (χ2n) is 3.90. The van der Waals surface area contributed by atoms with E-state index < -0.39 is 0 Å². The molecule has 1 heterocycles. The average Bonchev–Trinajstić information content (AvgIpc) is 2.90. The number of anilines is 1. The first-order chi connectivity index (χ1) is 8.79. The maximum atomic E-state index is 5.30. The van der Waals surface area contributed by atoms with Gasteiger partial charge in [0.05, 0.1) is 6.54 Å². The van der Waals surface area contributed by atoms with E-state index in [1.54, 1.807) is 11.3 Å². The van der Waals surface area contributed by atoms with E-state index in [2.05, 4.69) is 41.1 Å². The first-order valence-electron chi connectivity index (χ1n) is 5.94. The Morgan fingerprint density at radius 1 is 1.22 bits per heavy atom. The Balaban J connectivity index is 1.90. The van der Waals surface area contributed by atoms with E-state index in [4.69, 9.17) is 12.2 Å². The van der Waals surface area contributed by atoms with Gasteiger partial charge in [-0.2, -0.15) is 0 Å². The second-order valence-corrected chi connectivity index (χ2v) is 5.34. The minimum absolute atomic E-state index is 0.671. The molecular weight excluding hydrogens is 260 g/mol. The predicted molar refractivity (Wildman–Crippen MR) is 83.2 cm³/mol. The van der Waals surface area contributed by atoms with Gasteiger partial charge in [0.15, 0.2) is 5.11 Å². The molecule has 18 heavy (non-hydrogen) atoms. The van der Waals surface area contributed by atoms with Gasteiger partial charge in [-0.1, -0.05) is 31.2 Å². The number of thiophene rings is 1. The van der Waals surface area contributed by atoms with Gasteiger partial charge in [-0.05, 0) is 41.7 Å². The zero-order valence-electron chi connectivity index (χ0n) is 10.3. The van der Waals surface area contributed by atoms with Gasteiger partial charge >= 0.3 is 0 Å². The Kier molecular flexibility index (Phi) is 4.73. The van der Waals surface area contributed by atoms with Gasteiger partial charge in [0.2, 0.25) is 0 Å². The van der Waals surface area contributed by atoms with Crippen LogP contribution in [0.2, 0.25) is 0 Å². The quantitative estimate of drug-likeness (QED) is 0.831. The average molecular weight is 276 g/mol. The fraction of sp³-hybridized carbons (Fsp3) is 0.214. The maximum Gasteiger partial charge on any atom is 0.171 e. The molecule has 0 aliphatic rings. The summed E-state index contributed by atoms with van der Waals surface area (Å²) < 4.78 is 0. The molecule has 0 fully saturated rings. The van der Waals surface area contributed by atoms with E-state index in [0.717, 1.165) is 18.7 Å². The Morgan fingerprint density at radius 3 is 2.78 bits per heavy atom. The molecule has 2 rings (SSSR count). The first kappa shape index (κ1) is 13.1. The van der Waals surface area contributed by atoms with E-state index in [1.807, 2.05) is 18.2 Å². The molecule has 2 N–H and O–H groups in total. The van der Waals surface area contributed by atoms with E-state index in [1.165, 1.54) is 10.4 Å². The lowest BCUT2D eigenvalue weighted by molar-refractivity contribution is 0.946. The topological polar surface area (TPSA) is 24.1 Å². The summed E-state index contributed by atoms with van der Waals surface area (Å²) in [5.41, 5.74) is 2.36. The van der Waals surface area contributed by atoms with E-state index in [9.17, 15) is 0 Å². The van der Waals surface area contributed by atoms with Crippen LogP contribution in [0.25, 0.3) is 0 Å². The van der Waals surface area contributed by atoms with Crippen molar-refractivity contribution in [1.29, 1.82) is 0 Å². The Hall–Kier alpha value is -1.39. The Labute approximate surface area is 117 Å². The van der Waals surface area contributed by atoms with Crippen LogP contribution in [0.3, 0.4) is 0 Å². The van der Waals surface area contributed by atoms with Crippen LogP contribution in [-0.4, -0.2) is 5.11 Å². The predicted octanol–water partition coefficient (Wildman–Crippen LogP) is 3.80. The summed E-state index contributed by atoms with van der Waals surface area (Å²) in [6.07, 6.45) is 0.997. The van der Waals surface area contributed by atoms with Crippen molar-refractivity contribution in [3.05, 3.63) is 52.2 Å². The smallest absolute Gasteiger partial charge is 0.171 e. The van der Waals surface area contributed by atoms with Crippen LogP contribution in [0.1, 0.15) is 17.4 Å². The molecule has 4 heteroatoms. The number of aryl methyl sites for hydroxylation is 1. The number of rotatable bonds is 4. The van der Waals surface area contributed by atoms with Gasteiger partial charge in [-0.15, -0.1) is 11.3 Å². The largest absolute Gasteiger partial charge is 0.358 e. The minimum atomic E-state index is 0.671. The van der Waals surface area contributed by atoms with Crippen LogP contribution in [-0.2, 0) is 13.0 Å². The summed E-state index contributed by atoms with van der Waals surface area (Å²) in [7, 11) is 0. The highest BCUT2D eigenvalue weighted by Gasteiger charge is 2.02. The van der Waals surface area contributed by atoms with Crippen LogP contribution in [0.15, 0.2) is 41.8 Å². The molecule has 1 aromatic heterocycles.